The molecule has 0 aliphatic rings. The molecule has 0 aliphatic heterocycles. The van der Waals surface area contributed by atoms with Gasteiger partial charge in [-0.3, -0.25) is 0 Å². The highest BCUT2D eigenvalue weighted by Crippen LogP contribution is 2.32. The van der Waals surface area contributed by atoms with Gasteiger partial charge in [0, 0.05) is 15.6 Å². The van der Waals surface area contributed by atoms with Crippen LogP contribution in [-0.2, 0) is 6.18 Å². The first-order valence-electron chi connectivity index (χ1n) is 5.51. The molecule has 0 spiro atoms. The number of carboxylic acids is 1. The highest BCUT2D eigenvalue weighted by atomic mass is 79.9. The molecule has 1 N–H and O–H groups in total. The van der Waals surface area contributed by atoms with E-state index in [0.29, 0.717) is 14.4 Å². The van der Waals surface area contributed by atoms with Gasteiger partial charge in [-0.2, -0.15) is 13.2 Å². The van der Waals surface area contributed by atoms with Gasteiger partial charge in [0.05, 0.1) is 11.1 Å². The lowest BCUT2D eigenvalue weighted by molar-refractivity contribution is -0.137. The topological polar surface area (TPSA) is 50.2 Å². The maximum absolute atomic E-state index is 12.4. The average molecular weight is 378 g/mol. The fourth-order valence-corrected chi connectivity index (χ4v) is 2.67. The van der Waals surface area contributed by atoms with E-state index >= 15 is 0 Å². The van der Waals surface area contributed by atoms with Crippen LogP contribution in [0.1, 0.15) is 15.9 Å². The molecule has 0 radical (unpaired) electrons. The molecule has 0 unspecified atom stereocenters. The molecule has 2 rings (SSSR count). The third-order valence-corrected chi connectivity index (χ3v) is 4.09. The van der Waals surface area contributed by atoms with Crippen LogP contribution >= 0.6 is 27.7 Å². The van der Waals surface area contributed by atoms with Crippen LogP contribution in [0.2, 0.25) is 0 Å². The third kappa shape index (κ3) is 3.98. The summed E-state index contributed by atoms with van der Waals surface area (Å²) in [6, 6.07) is 6.83. The maximum Gasteiger partial charge on any atom is 0.417 e. The molecule has 0 bridgehead atoms. The van der Waals surface area contributed by atoms with E-state index in [1.54, 1.807) is 12.1 Å². The zero-order chi connectivity index (χ0) is 15.6. The SMILES string of the molecule is O=C(O)c1cc(Sc2ccc(C(F)(F)F)cn2)ccc1Br. The molecule has 0 fully saturated rings. The second-order valence-corrected chi connectivity index (χ2v) is 5.88. The second-order valence-electron chi connectivity index (χ2n) is 3.93. The van der Waals surface area contributed by atoms with Crippen molar-refractivity contribution in [3.63, 3.8) is 0 Å². The quantitative estimate of drug-likeness (QED) is 0.841. The first-order valence-corrected chi connectivity index (χ1v) is 7.12. The molecule has 8 heteroatoms. The van der Waals surface area contributed by atoms with E-state index in [-0.39, 0.29) is 5.56 Å². The third-order valence-electron chi connectivity index (χ3n) is 2.45. The van der Waals surface area contributed by atoms with Crippen molar-refractivity contribution in [2.24, 2.45) is 0 Å². The Morgan fingerprint density at radius 2 is 1.95 bits per heavy atom. The number of aromatic nitrogens is 1. The summed E-state index contributed by atoms with van der Waals surface area (Å²) in [6.45, 7) is 0. The van der Waals surface area contributed by atoms with Crippen molar-refractivity contribution < 1.29 is 23.1 Å². The minimum Gasteiger partial charge on any atom is -0.478 e. The minimum atomic E-state index is -4.43. The zero-order valence-electron chi connectivity index (χ0n) is 10.2. The molecule has 21 heavy (non-hydrogen) atoms. The standard InChI is InChI=1S/C13H7BrF3NO2S/c14-10-3-2-8(5-9(10)12(19)20)21-11-4-1-7(6-18-11)13(15,16)17/h1-6H,(H,19,20). The molecular formula is C13H7BrF3NO2S. The van der Waals surface area contributed by atoms with Crippen molar-refractivity contribution in [3.8, 4) is 0 Å². The summed E-state index contributed by atoms with van der Waals surface area (Å²) in [6.07, 6.45) is -3.68. The van der Waals surface area contributed by atoms with Crippen LogP contribution in [0.5, 0.6) is 0 Å². The van der Waals surface area contributed by atoms with E-state index in [4.69, 9.17) is 5.11 Å². The smallest absolute Gasteiger partial charge is 0.417 e. The predicted octanol–water partition coefficient (Wildman–Crippen LogP) is 4.71. The number of hydrogen-bond donors (Lipinski definition) is 1. The molecule has 0 aliphatic carbocycles. The fraction of sp³-hybridized carbons (Fsp3) is 0.0769. The number of aromatic carboxylic acids is 1. The van der Waals surface area contributed by atoms with Crippen LogP contribution in [-0.4, -0.2) is 16.1 Å². The molecule has 3 nitrogen and oxygen atoms in total. The van der Waals surface area contributed by atoms with Crippen molar-refractivity contribution in [3.05, 3.63) is 52.1 Å². The number of pyridine rings is 1. The Hall–Kier alpha value is -1.54. The summed E-state index contributed by atoms with van der Waals surface area (Å²) >= 11 is 4.20. The average Bonchev–Trinajstić information content (AvgIpc) is 2.40. The van der Waals surface area contributed by atoms with Crippen LogP contribution in [0, 0.1) is 0 Å². The van der Waals surface area contributed by atoms with Gasteiger partial charge in [-0.25, -0.2) is 9.78 Å². The lowest BCUT2D eigenvalue weighted by Crippen LogP contribution is -2.05. The second kappa shape index (κ2) is 6.07. The summed E-state index contributed by atoms with van der Waals surface area (Å²) < 4.78 is 37.7. The van der Waals surface area contributed by atoms with E-state index in [2.05, 4.69) is 20.9 Å². The van der Waals surface area contributed by atoms with Crippen molar-refractivity contribution in [1.29, 1.82) is 0 Å². The van der Waals surface area contributed by atoms with Gasteiger partial charge in [-0.05, 0) is 46.3 Å². The summed E-state index contributed by atoms with van der Waals surface area (Å²) in [4.78, 5) is 15.3. The van der Waals surface area contributed by atoms with Gasteiger partial charge in [0.15, 0.2) is 0 Å². The molecular weight excluding hydrogens is 371 g/mol. The molecule has 0 saturated carbocycles. The van der Waals surface area contributed by atoms with E-state index in [9.17, 15) is 18.0 Å². The summed E-state index contributed by atoms with van der Waals surface area (Å²) in [5, 5.41) is 9.35. The Balaban J connectivity index is 2.22. The summed E-state index contributed by atoms with van der Waals surface area (Å²) in [7, 11) is 0. The van der Waals surface area contributed by atoms with Gasteiger partial charge in [0.1, 0.15) is 5.03 Å². The Morgan fingerprint density at radius 1 is 1.24 bits per heavy atom. The Kier molecular flexibility index (Phi) is 4.58. The normalized spacial score (nSPS) is 11.4. The maximum atomic E-state index is 12.4. The van der Waals surface area contributed by atoms with Crippen molar-refractivity contribution in [1.82, 2.24) is 4.98 Å². The molecule has 1 heterocycles. The van der Waals surface area contributed by atoms with Crippen LogP contribution < -0.4 is 0 Å². The van der Waals surface area contributed by atoms with Crippen LogP contribution in [0.3, 0.4) is 0 Å². The number of halogens is 4. The molecule has 0 atom stereocenters. The van der Waals surface area contributed by atoms with E-state index in [1.807, 2.05) is 0 Å². The Labute approximate surface area is 130 Å². The van der Waals surface area contributed by atoms with Crippen molar-refractivity contribution in [2.75, 3.05) is 0 Å². The van der Waals surface area contributed by atoms with Gasteiger partial charge in [0.25, 0.3) is 0 Å². The predicted molar refractivity (Wildman–Crippen MR) is 74.5 cm³/mol. The molecule has 0 amide bonds. The van der Waals surface area contributed by atoms with Crippen molar-refractivity contribution >= 4 is 33.7 Å². The molecule has 1 aromatic carbocycles. The van der Waals surface area contributed by atoms with Crippen LogP contribution in [0.4, 0.5) is 13.2 Å². The minimum absolute atomic E-state index is 0.0758. The van der Waals surface area contributed by atoms with Gasteiger partial charge in [-0.15, -0.1) is 0 Å². The Bertz CT molecular complexity index is 674. The van der Waals surface area contributed by atoms with E-state index in [1.165, 1.54) is 12.1 Å². The van der Waals surface area contributed by atoms with E-state index < -0.39 is 17.7 Å². The van der Waals surface area contributed by atoms with E-state index in [0.717, 1.165) is 24.0 Å². The fourth-order valence-electron chi connectivity index (χ4n) is 1.46. The largest absolute Gasteiger partial charge is 0.478 e. The van der Waals surface area contributed by atoms with Gasteiger partial charge >= 0.3 is 12.1 Å². The first-order chi connectivity index (χ1) is 9.77. The van der Waals surface area contributed by atoms with Crippen LogP contribution in [0.15, 0.2) is 50.9 Å². The number of carbonyl (C=O) groups is 1. The number of benzene rings is 1. The summed E-state index contributed by atoms with van der Waals surface area (Å²) in [5.41, 5.74) is -0.749. The number of hydrogen-bond acceptors (Lipinski definition) is 3. The number of carboxylic acid groups (broad SMARTS) is 1. The molecule has 110 valence electrons. The number of alkyl halides is 3. The molecule has 0 saturated heterocycles. The highest BCUT2D eigenvalue weighted by Gasteiger charge is 2.30. The Morgan fingerprint density at radius 3 is 2.48 bits per heavy atom. The summed E-state index contributed by atoms with van der Waals surface area (Å²) in [5.74, 6) is -1.09. The lowest BCUT2D eigenvalue weighted by Gasteiger charge is -2.07. The van der Waals surface area contributed by atoms with Crippen LogP contribution in [0.25, 0.3) is 0 Å². The molecule has 2 aromatic rings. The first kappa shape index (κ1) is 15.8. The monoisotopic (exact) mass is 377 g/mol. The van der Waals surface area contributed by atoms with Gasteiger partial charge in [0.2, 0.25) is 0 Å². The number of rotatable bonds is 3. The highest BCUT2D eigenvalue weighted by molar-refractivity contribution is 9.10. The molecule has 1 aromatic heterocycles. The van der Waals surface area contributed by atoms with Crippen molar-refractivity contribution in [2.45, 2.75) is 16.1 Å². The zero-order valence-corrected chi connectivity index (χ0v) is 12.6. The number of nitrogens with zero attached hydrogens (tertiary/aromatic N) is 1. The van der Waals surface area contributed by atoms with Gasteiger partial charge < -0.3 is 5.11 Å². The lowest BCUT2D eigenvalue weighted by atomic mass is 10.2. The van der Waals surface area contributed by atoms with Gasteiger partial charge in [-0.1, -0.05) is 11.8 Å².